The van der Waals surface area contributed by atoms with Crippen molar-refractivity contribution in [2.45, 2.75) is 49.2 Å². The predicted octanol–water partition coefficient (Wildman–Crippen LogP) is 0.389. The molecule has 0 radical (unpaired) electrons. The number of nitrogens with zero attached hydrogens (tertiary/aromatic N) is 2. The normalized spacial score (nSPS) is 27.0. The van der Waals surface area contributed by atoms with Crippen molar-refractivity contribution < 1.29 is 8.42 Å². The summed E-state index contributed by atoms with van der Waals surface area (Å²) in [6, 6.07) is 2.27. The fourth-order valence-corrected chi connectivity index (χ4v) is 4.92. The summed E-state index contributed by atoms with van der Waals surface area (Å²) < 4.78 is 29.6. The van der Waals surface area contributed by atoms with Crippen molar-refractivity contribution in [2.24, 2.45) is 12.8 Å². The smallest absolute Gasteiger partial charge is 0.242 e. The molecule has 118 valence electrons. The van der Waals surface area contributed by atoms with E-state index in [1.54, 1.807) is 16.8 Å². The zero-order valence-corrected chi connectivity index (χ0v) is 13.3. The SMILES string of the molecule is Cn1cc(S(=O)(=O)NC2CCN3CCCC3C2)cc1CN. The van der Waals surface area contributed by atoms with Gasteiger partial charge in [-0.15, -0.1) is 0 Å². The lowest BCUT2D eigenvalue weighted by Crippen LogP contribution is -2.47. The molecule has 1 aromatic heterocycles. The van der Waals surface area contributed by atoms with Crippen molar-refractivity contribution in [3.63, 3.8) is 0 Å². The summed E-state index contributed by atoms with van der Waals surface area (Å²) in [5.74, 6) is 0. The summed E-state index contributed by atoms with van der Waals surface area (Å²) in [7, 11) is -1.63. The van der Waals surface area contributed by atoms with Gasteiger partial charge in [0.1, 0.15) is 0 Å². The Balaban J connectivity index is 1.70. The van der Waals surface area contributed by atoms with E-state index in [0.717, 1.165) is 25.1 Å². The van der Waals surface area contributed by atoms with Gasteiger partial charge < -0.3 is 15.2 Å². The minimum Gasteiger partial charge on any atom is -0.352 e. The van der Waals surface area contributed by atoms with Gasteiger partial charge in [-0.05, 0) is 44.8 Å². The van der Waals surface area contributed by atoms with Crippen molar-refractivity contribution in [2.75, 3.05) is 13.1 Å². The number of fused-ring (bicyclic) bond motifs is 1. The van der Waals surface area contributed by atoms with E-state index in [9.17, 15) is 8.42 Å². The Bertz CT molecular complexity index is 610. The average molecular weight is 312 g/mol. The van der Waals surface area contributed by atoms with Gasteiger partial charge in [-0.25, -0.2) is 13.1 Å². The van der Waals surface area contributed by atoms with E-state index >= 15 is 0 Å². The third kappa shape index (κ3) is 3.01. The second-order valence-electron chi connectivity index (χ2n) is 6.16. The summed E-state index contributed by atoms with van der Waals surface area (Å²) in [6.07, 6.45) is 5.89. The highest BCUT2D eigenvalue weighted by Gasteiger charge is 2.33. The number of hydrogen-bond acceptors (Lipinski definition) is 4. The highest BCUT2D eigenvalue weighted by Crippen LogP contribution is 2.27. The fraction of sp³-hybridized carbons (Fsp3) is 0.714. The molecule has 21 heavy (non-hydrogen) atoms. The molecule has 3 rings (SSSR count). The summed E-state index contributed by atoms with van der Waals surface area (Å²) >= 11 is 0. The second kappa shape index (κ2) is 5.72. The largest absolute Gasteiger partial charge is 0.352 e. The summed E-state index contributed by atoms with van der Waals surface area (Å²) in [5.41, 5.74) is 6.43. The third-order valence-corrected chi connectivity index (χ3v) is 6.23. The lowest BCUT2D eigenvalue weighted by atomic mass is 9.99. The zero-order chi connectivity index (χ0) is 15.0. The van der Waals surface area contributed by atoms with Crippen LogP contribution < -0.4 is 10.5 Å². The van der Waals surface area contributed by atoms with Gasteiger partial charge in [-0.1, -0.05) is 0 Å². The lowest BCUT2D eigenvalue weighted by Gasteiger charge is -2.34. The second-order valence-corrected chi connectivity index (χ2v) is 7.87. The van der Waals surface area contributed by atoms with Crippen LogP contribution in [0.1, 0.15) is 31.4 Å². The van der Waals surface area contributed by atoms with Crippen LogP contribution >= 0.6 is 0 Å². The van der Waals surface area contributed by atoms with E-state index in [1.807, 2.05) is 7.05 Å². The van der Waals surface area contributed by atoms with Gasteiger partial charge in [0.05, 0.1) is 4.90 Å². The first-order valence-corrected chi connectivity index (χ1v) is 9.09. The topological polar surface area (TPSA) is 80.4 Å². The molecule has 0 spiro atoms. The number of aryl methyl sites for hydroxylation is 1. The van der Waals surface area contributed by atoms with Crippen LogP contribution in [0.15, 0.2) is 17.2 Å². The molecule has 2 fully saturated rings. The van der Waals surface area contributed by atoms with Crippen LogP contribution in [0.5, 0.6) is 0 Å². The van der Waals surface area contributed by atoms with Gasteiger partial charge in [-0.2, -0.15) is 0 Å². The molecule has 3 N–H and O–H groups in total. The van der Waals surface area contributed by atoms with Gasteiger partial charge in [0.25, 0.3) is 0 Å². The van der Waals surface area contributed by atoms with Crippen LogP contribution in [-0.2, 0) is 23.6 Å². The number of aromatic nitrogens is 1. The number of nitrogens with two attached hydrogens (primary N) is 1. The third-order valence-electron chi connectivity index (χ3n) is 4.74. The van der Waals surface area contributed by atoms with Gasteiger partial charge in [0.15, 0.2) is 0 Å². The van der Waals surface area contributed by atoms with Crippen molar-refractivity contribution >= 4 is 10.0 Å². The molecule has 2 aliphatic rings. The molecule has 2 aliphatic heterocycles. The first kappa shape index (κ1) is 15.0. The quantitative estimate of drug-likeness (QED) is 0.843. The molecule has 0 aliphatic carbocycles. The fourth-order valence-electron chi connectivity index (χ4n) is 3.55. The minimum absolute atomic E-state index is 0.0517. The first-order chi connectivity index (χ1) is 9.99. The monoisotopic (exact) mass is 312 g/mol. The number of nitrogens with one attached hydrogen (secondary N) is 1. The number of sulfonamides is 1. The Hall–Kier alpha value is -0.890. The molecule has 2 saturated heterocycles. The molecular formula is C14H24N4O2S. The van der Waals surface area contributed by atoms with Crippen LogP contribution in [-0.4, -0.2) is 43.1 Å². The Kier molecular flexibility index (Phi) is 4.09. The van der Waals surface area contributed by atoms with Gasteiger partial charge in [-0.3, -0.25) is 0 Å². The highest BCUT2D eigenvalue weighted by atomic mass is 32.2. The molecule has 6 nitrogen and oxygen atoms in total. The Morgan fingerprint density at radius 1 is 1.38 bits per heavy atom. The van der Waals surface area contributed by atoms with Gasteiger partial charge >= 0.3 is 0 Å². The molecule has 2 atom stereocenters. The van der Waals surface area contributed by atoms with E-state index in [4.69, 9.17) is 5.73 Å². The Labute approximate surface area is 126 Å². The predicted molar refractivity (Wildman–Crippen MR) is 81.2 cm³/mol. The van der Waals surface area contributed by atoms with E-state index in [2.05, 4.69) is 9.62 Å². The van der Waals surface area contributed by atoms with Crippen LogP contribution in [0, 0.1) is 0 Å². The van der Waals surface area contributed by atoms with E-state index in [1.165, 1.54) is 19.4 Å². The standard InChI is InChI=1S/C14H24N4O2S/c1-17-10-14(8-13(17)9-15)21(19,20)16-11-4-6-18-5-2-3-12(18)7-11/h8,10-12,16H,2-7,9,15H2,1H3. The maximum Gasteiger partial charge on any atom is 0.242 e. The molecule has 0 aromatic carbocycles. The van der Waals surface area contributed by atoms with E-state index in [-0.39, 0.29) is 6.04 Å². The molecule has 0 bridgehead atoms. The molecule has 0 amide bonds. The van der Waals surface area contributed by atoms with E-state index < -0.39 is 10.0 Å². The van der Waals surface area contributed by atoms with E-state index in [0.29, 0.717) is 17.5 Å². The summed E-state index contributed by atoms with van der Waals surface area (Å²) in [4.78, 5) is 2.80. The number of rotatable bonds is 4. The lowest BCUT2D eigenvalue weighted by molar-refractivity contribution is 0.176. The highest BCUT2D eigenvalue weighted by molar-refractivity contribution is 7.89. The average Bonchev–Trinajstić information content (AvgIpc) is 3.04. The maximum absolute atomic E-state index is 12.5. The number of piperidine rings is 1. The van der Waals surface area contributed by atoms with Gasteiger partial charge in [0.2, 0.25) is 10.0 Å². The van der Waals surface area contributed by atoms with Crippen LogP contribution in [0.2, 0.25) is 0 Å². The molecule has 1 aromatic rings. The molecule has 3 heterocycles. The Morgan fingerprint density at radius 2 is 2.19 bits per heavy atom. The van der Waals surface area contributed by atoms with Crippen molar-refractivity contribution in [3.8, 4) is 0 Å². The molecule has 2 unspecified atom stereocenters. The number of hydrogen-bond donors (Lipinski definition) is 2. The zero-order valence-electron chi connectivity index (χ0n) is 12.5. The summed E-state index contributed by atoms with van der Waals surface area (Å²) in [6.45, 7) is 2.51. The van der Waals surface area contributed by atoms with Gasteiger partial charge in [0, 0.05) is 37.6 Å². The molecule has 0 saturated carbocycles. The van der Waals surface area contributed by atoms with Crippen LogP contribution in [0.25, 0.3) is 0 Å². The Morgan fingerprint density at radius 3 is 2.90 bits per heavy atom. The molecular weight excluding hydrogens is 288 g/mol. The van der Waals surface area contributed by atoms with Crippen molar-refractivity contribution in [1.82, 2.24) is 14.2 Å². The van der Waals surface area contributed by atoms with Crippen molar-refractivity contribution in [1.29, 1.82) is 0 Å². The van der Waals surface area contributed by atoms with Crippen LogP contribution in [0.3, 0.4) is 0 Å². The first-order valence-electron chi connectivity index (χ1n) is 7.61. The minimum atomic E-state index is -3.45. The summed E-state index contributed by atoms with van der Waals surface area (Å²) in [5, 5.41) is 0. The molecule has 7 heteroatoms. The maximum atomic E-state index is 12.5. The van der Waals surface area contributed by atoms with Crippen LogP contribution in [0.4, 0.5) is 0 Å². The van der Waals surface area contributed by atoms with Crippen molar-refractivity contribution in [3.05, 3.63) is 18.0 Å².